The Labute approximate surface area is 335 Å². The fourth-order valence-corrected chi connectivity index (χ4v) is 9.00. The Morgan fingerprint density at radius 3 is 2.19 bits per heavy atom. The van der Waals surface area contributed by atoms with E-state index in [-0.39, 0.29) is 60.0 Å². The third-order valence-corrected chi connectivity index (χ3v) is 12.2. The van der Waals surface area contributed by atoms with Crippen molar-refractivity contribution in [3.8, 4) is 17.2 Å². The molecule has 9 unspecified atom stereocenters. The summed E-state index contributed by atoms with van der Waals surface area (Å²) in [6, 6.07) is 3.13. The van der Waals surface area contributed by atoms with Crippen molar-refractivity contribution in [1.82, 2.24) is 4.90 Å². The number of aliphatic hydroxyl groups is 1. The van der Waals surface area contributed by atoms with E-state index in [9.17, 15) is 39.6 Å². The molecule has 7 rings (SSSR count). The molecule has 16 heteroatoms. The van der Waals surface area contributed by atoms with Crippen LogP contribution in [0.2, 0.25) is 0 Å². The molecule has 0 radical (unpaired) electrons. The van der Waals surface area contributed by atoms with Crippen LogP contribution in [-0.2, 0) is 42.7 Å². The molecule has 58 heavy (non-hydrogen) atoms. The summed E-state index contributed by atoms with van der Waals surface area (Å²) in [5, 5.41) is 45.3. The number of carbonyl (C=O) groups excluding carboxylic acids is 4. The smallest absolute Gasteiger partial charge is 0.316 e. The van der Waals surface area contributed by atoms with Gasteiger partial charge in [0.15, 0.2) is 30.4 Å². The van der Waals surface area contributed by atoms with E-state index in [0.29, 0.717) is 12.8 Å². The lowest BCUT2D eigenvalue weighted by Crippen LogP contribution is -2.57. The molecule has 0 spiro atoms. The van der Waals surface area contributed by atoms with Crippen LogP contribution < -0.4 is 0 Å². The lowest BCUT2D eigenvalue weighted by molar-refractivity contribution is -0.308. The second-order valence-corrected chi connectivity index (χ2v) is 16.0. The molecule has 2 aromatic carbocycles. The number of hydrogen-bond acceptors (Lipinski definition) is 16. The second kappa shape index (κ2) is 16.1. The molecular formula is C42H51NO15. The highest BCUT2D eigenvalue weighted by molar-refractivity contribution is 6.31. The number of carbonyl (C=O) groups is 4. The third-order valence-electron chi connectivity index (χ3n) is 12.2. The number of aromatic hydroxyl groups is 3. The second-order valence-electron chi connectivity index (χ2n) is 16.0. The summed E-state index contributed by atoms with van der Waals surface area (Å²) in [5.41, 5.74) is -3.45. The van der Waals surface area contributed by atoms with Gasteiger partial charge >= 0.3 is 5.97 Å². The van der Waals surface area contributed by atoms with E-state index in [2.05, 4.69) is 0 Å². The molecule has 0 aromatic heterocycles. The number of likely N-dealkylation sites (N-methyl/N-ethyl adjacent to an activating group) is 1. The monoisotopic (exact) mass is 809 g/mol. The summed E-state index contributed by atoms with van der Waals surface area (Å²) < 4.78 is 42.8. The number of phenols is 3. The molecule has 314 valence electrons. The first kappa shape index (κ1) is 41.9. The predicted octanol–water partition coefficient (Wildman–Crippen LogP) is 3.67. The lowest BCUT2D eigenvalue weighted by Gasteiger charge is -2.48. The van der Waals surface area contributed by atoms with Crippen molar-refractivity contribution in [1.29, 1.82) is 0 Å². The standard InChI is InChI=1S/C42H51NO15/c1-8-42(51)17-28(32-21(36(42)41(50)52-7)15-22-33(38(32)48)39(49)35-26(46)10-9-25(45)34(35)37(22)47)57-31-16-23(43(5)6)40(20(4)55-31)58-30-14-12-27(19(3)54-30)56-29-13-11-24(44)18(2)53-29/h9-11,13,15,18-20,23,27-31,36,40,45-46,48,51H,8,12,14,16-17H2,1-7H3/t18?,19?,20?,23?,27?,28-,29?,30?,31?,36-,40?,42+/m0/s1. The van der Waals surface area contributed by atoms with Crippen LogP contribution in [0, 0.1) is 0 Å². The Kier molecular flexibility index (Phi) is 11.6. The van der Waals surface area contributed by atoms with Crippen molar-refractivity contribution in [2.45, 2.75) is 133 Å². The Hall–Kier alpha value is -4.26. The van der Waals surface area contributed by atoms with E-state index in [1.807, 2.05) is 32.8 Å². The summed E-state index contributed by atoms with van der Waals surface area (Å²) in [6.07, 6.45) is -1.32. The van der Waals surface area contributed by atoms with E-state index in [1.54, 1.807) is 19.9 Å². The number of ketones is 3. The van der Waals surface area contributed by atoms with Crippen molar-refractivity contribution >= 4 is 23.3 Å². The summed E-state index contributed by atoms with van der Waals surface area (Å²) in [6.45, 7) is 7.09. The maximum atomic E-state index is 14.0. The number of phenolic OH excluding ortho intramolecular Hbond substituents is 3. The number of fused-ring (bicyclic) bond motifs is 3. The maximum Gasteiger partial charge on any atom is 0.316 e. The van der Waals surface area contributed by atoms with Gasteiger partial charge in [-0.3, -0.25) is 19.2 Å². The number of esters is 1. The minimum Gasteiger partial charge on any atom is -0.507 e. The van der Waals surface area contributed by atoms with E-state index >= 15 is 0 Å². The van der Waals surface area contributed by atoms with Crippen LogP contribution in [0.15, 0.2) is 30.4 Å². The summed E-state index contributed by atoms with van der Waals surface area (Å²) in [7, 11) is 4.94. The van der Waals surface area contributed by atoms with Gasteiger partial charge in [0, 0.05) is 36.4 Å². The molecule has 2 aliphatic carbocycles. The van der Waals surface area contributed by atoms with Crippen LogP contribution in [0.3, 0.4) is 0 Å². The average Bonchev–Trinajstić information content (AvgIpc) is 3.17. The minimum atomic E-state index is -1.79. The Bertz CT molecular complexity index is 2010. The van der Waals surface area contributed by atoms with Crippen molar-refractivity contribution in [2.24, 2.45) is 0 Å². The molecule has 0 amide bonds. The van der Waals surface area contributed by atoms with Gasteiger partial charge in [-0.2, -0.15) is 0 Å². The number of rotatable bonds is 9. The lowest BCUT2D eigenvalue weighted by atomic mass is 9.67. The molecule has 0 bridgehead atoms. The SMILES string of the molecule is CC[C@@]1(O)C[C@H](OC2CC(N(C)C)C(OC3CCC(OC4C=CC(=O)C(C)O4)C(C)O3)C(C)O2)c2c(cc3c(c2O)C(=O)c2c(O)ccc(O)c2C3=O)[C@H]1C(=O)OC. The zero-order chi connectivity index (χ0) is 42.0. The van der Waals surface area contributed by atoms with Gasteiger partial charge in [-0.15, -0.1) is 0 Å². The van der Waals surface area contributed by atoms with E-state index < -0.39 is 106 Å². The van der Waals surface area contributed by atoms with Crippen LogP contribution in [-0.4, -0.2) is 131 Å². The fourth-order valence-electron chi connectivity index (χ4n) is 9.00. The number of nitrogens with zero attached hydrogens (tertiary/aromatic N) is 1. The zero-order valence-electron chi connectivity index (χ0n) is 33.5. The molecular weight excluding hydrogens is 758 g/mol. The number of methoxy groups -OCH3 is 1. The molecule has 0 saturated carbocycles. The molecule has 5 aliphatic rings. The van der Waals surface area contributed by atoms with Gasteiger partial charge in [0.2, 0.25) is 5.78 Å². The Morgan fingerprint density at radius 2 is 1.57 bits per heavy atom. The average molecular weight is 810 g/mol. The van der Waals surface area contributed by atoms with Crippen molar-refractivity contribution in [2.75, 3.05) is 21.2 Å². The van der Waals surface area contributed by atoms with Gasteiger partial charge in [0.1, 0.15) is 35.4 Å². The largest absolute Gasteiger partial charge is 0.507 e. The quantitative estimate of drug-likeness (QED) is 0.179. The third kappa shape index (κ3) is 7.34. The molecule has 16 nitrogen and oxygen atoms in total. The highest BCUT2D eigenvalue weighted by Crippen LogP contribution is 2.54. The molecule has 2 saturated heterocycles. The van der Waals surface area contributed by atoms with Gasteiger partial charge in [0.25, 0.3) is 0 Å². The number of hydrogen-bond donors (Lipinski definition) is 4. The topological polar surface area (TPSA) is 217 Å². The summed E-state index contributed by atoms with van der Waals surface area (Å²) >= 11 is 0. The molecule has 12 atom stereocenters. The minimum absolute atomic E-state index is 0.0101. The van der Waals surface area contributed by atoms with Crippen LogP contribution in [0.5, 0.6) is 17.2 Å². The molecule has 4 N–H and O–H groups in total. The molecule has 2 aromatic rings. The van der Waals surface area contributed by atoms with Crippen LogP contribution in [0.4, 0.5) is 0 Å². The van der Waals surface area contributed by atoms with Crippen LogP contribution in [0.1, 0.15) is 115 Å². The Morgan fingerprint density at radius 1 is 0.897 bits per heavy atom. The highest BCUT2D eigenvalue weighted by Gasteiger charge is 2.53. The first-order valence-electron chi connectivity index (χ1n) is 19.6. The van der Waals surface area contributed by atoms with Gasteiger partial charge in [-0.25, -0.2) is 0 Å². The van der Waals surface area contributed by atoms with Gasteiger partial charge in [-0.05, 0) is 83.6 Å². The number of ether oxygens (including phenoxy) is 7. The highest BCUT2D eigenvalue weighted by atomic mass is 16.7. The molecule has 3 aliphatic heterocycles. The van der Waals surface area contributed by atoms with Crippen molar-refractivity contribution in [3.05, 3.63) is 63.7 Å². The van der Waals surface area contributed by atoms with Gasteiger partial charge in [-0.1, -0.05) is 6.92 Å². The first-order valence-corrected chi connectivity index (χ1v) is 19.6. The van der Waals surface area contributed by atoms with E-state index in [4.69, 9.17) is 33.2 Å². The summed E-state index contributed by atoms with van der Waals surface area (Å²) in [4.78, 5) is 55.0. The molecule has 3 heterocycles. The van der Waals surface area contributed by atoms with Gasteiger partial charge < -0.3 is 58.5 Å². The predicted molar refractivity (Wildman–Crippen MR) is 201 cm³/mol. The number of benzene rings is 2. The van der Waals surface area contributed by atoms with Crippen LogP contribution in [0.25, 0.3) is 0 Å². The van der Waals surface area contributed by atoms with Crippen molar-refractivity contribution in [3.63, 3.8) is 0 Å². The molecule has 2 fully saturated rings. The normalized spacial score (nSPS) is 34.7. The van der Waals surface area contributed by atoms with E-state index in [1.165, 1.54) is 12.1 Å². The van der Waals surface area contributed by atoms with Crippen molar-refractivity contribution < 1.29 is 72.8 Å². The first-order chi connectivity index (χ1) is 27.5. The Balaban J connectivity index is 1.14. The van der Waals surface area contributed by atoms with E-state index in [0.717, 1.165) is 19.2 Å². The fraction of sp³-hybridized carbons (Fsp3) is 0.571. The zero-order valence-corrected chi connectivity index (χ0v) is 33.5. The van der Waals surface area contributed by atoms with Gasteiger partial charge in [0.05, 0.1) is 53.8 Å². The maximum absolute atomic E-state index is 14.0. The summed E-state index contributed by atoms with van der Waals surface area (Å²) in [5.74, 6) is -5.90. The van der Waals surface area contributed by atoms with Crippen LogP contribution >= 0.6 is 0 Å².